The Balaban J connectivity index is 2.43. The highest BCUT2D eigenvalue weighted by molar-refractivity contribution is 7.21. The van der Waals surface area contributed by atoms with Gasteiger partial charge in [0.1, 0.15) is 4.83 Å². The van der Waals surface area contributed by atoms with Crippen LogP contribution in [0.1, 0.15) is 9.67 Å². The van der Waals surface area contributed by atoms with E-state index in [-0.39, 0.29) is 0 Å². The molecule has 70 valence electrons. The van der Waals surface area contributed by atoms with Crippen LogP contribution in [-0.2, 0) is 0 Å². The topological polar surface area (TPSA) is 60.4 Å². The Kier molecular flexibility index (Phi) is 1.45. The molecule has 0 aliphatic carbocycles. The third-order valence-corrected chi connectivity index (χ3v) is 3.77. The van der Waals surface area contributed by atoms with Gasteiger partial charge in [-0.1, -0.05) is 0 Å². The molecule has 2 N–H and O–H groups in total. The molecular formula is C8H5N3OS2. The maximum Gasteiger partial charge on any atom is 0.258 e. The number of primary amides is 1. The largest absolute Gasteiger partial charge is 0.365 e. The summed E-state index contributed by atoms with van der Waals surface area (Å²) in [5, 5.41) is 1.96. The Morgan fingerprint density at radius 2 is 2.43 bits per heavy atom. The minimum absolute atomic E-state index is 0.392. The Labute approximate surface area is 86.6 Å². The lowest BCUT2D eigenvalue weighted by Gasteiger charge is -1.83. The quantitative estimate of drug-likeness (QED) is 0.682. The van der Waals surface area contributed by atoms with Crippen LogP contribution in [0.25, 0.3) is 15.3 Å². The molecular weight excluding hydrogens is 218 g/mol. The van der Waals surface area contributed by atoms with Crippen molar-refractivity contribution in [3.05, 3.63) is 22.5 Å². The highest BCUT2D eigenvalue weighted by Gasteiger charge is 2.12. The van der Waals surface area contributed by atoms with Crippen molar-refractivity contribution in [1.82, 2.24) is 9.38 Å². The molecule has 0 saturated heterocycles. The Hall–Kier alpha value is -1.40. The van der Waals surface area contributed by atoms with Crippen LogP contribution in [0, 0.1) is 0 Å². The van der Waals surface area contributed by atoms with Crippen LogP contribution in [0.3, 0.4) is 0 Å². The van der Waals surface area contributed by atoms with Gasteiger partial charge in [0.15, 0.2) is 4.96 Å². The Bertz CT molecular complexity index is 633. The number of nitrogens with two attached hydrogens (primary N) is 1. The summed E-state index contributed by atoms with van der Waals surface area (Å²) in [5.74, 6) is -0.392. The van der Waals surface area contributed by atoms with E-state index < -0.39 is 5.91 Å². The number of fused-ring (bicyclic) bond motifs is 3. The lowest BCUT2D eigenvalue weighted by Crippen LogP contribution is -2.08. The fraction of sp³-hybridized carbons (Fsp3) is 0. The number of amides is 1. The SMILES string of the molecule is NC(=O)c1cc2c(nc3sccn32)s1. The van der Waals surface area contributed by atoms with E-state index >= 15 is 0 Å². The van der Waals surface area contributed by atoms with Gasteiger partial charge in [0, 0.05) is 11.6 Å². The fourth-order valence-electron chi connectivity index (χ4n) is 1.37. The van der Waals surface area contributed by atoms with Crippen LogP contribution in [-0.4, -0.2) is 15.3 Å². The highest BCUT2D eigenvalue weighted by atomic mass is 32.1. The molecule has 3 rings (SSSR count). The normalized spacial score (nSPS) is 11.4. The number of nitrogens with zero attached hydrogens (tertiary/aromatic N) is 2. The number of thiophene rings is 1. The average Bonchev–Trinajstić information content (AvgIpc) is 2.70. The van der Waals surface area contributed by atoms with Gasteiger partial charge in [-0.3, -0.25) is 9.20 Å². The van der Waals surface area contributed by atoms with Crippen molar-refractivity contribution < 1.29 is 4.79 Å². The summed E-state index contributed by atoms with van der Waals surface area (Å²) in [7, 11) is 0. The van der Waals surface area contributed by atoms with E-state index in [1.807, 2.05) is 16.0 Å². The van der Waals surface area contributed by atoms with E-state index in [9.17, 15) is 4.79 Å². The number of thiazole rings is 1. The second kappa shape index (κ2) is 2.55. The Morgan fingerprint density at radius 1 is 1.57 bits per heavy atom. The second-order valence-corrected chi connectivity index (χ2v) is 4.74. The van der Waals surface area contributed by atoms with Crippen LogP contribution < -0.4 is 5.73 Å². The van der Waals surface area contributed by atoms with Gasteiger partial charge in [0.05, 0.1) is 10.4 Å². The molecule has 0 aliphatic heterocycles. The molecule has 0 fully saturated rings. The summed E-state index contributed by atoms with van der Waals surface area (Å²) in [4.78, 5) is 17.7. The van der Waals surface area contributed by atoms with Crippen molar-refractivity contribution in [2.45, 2.75) is 0 Å². The molecule has 0 spiro atoms. The lowest BCUT2D eigenvalue weighted by molar-refractivity contribution is 0.100. The van der Waals surface area contributed by atoms with E-state index in [0.717, 1.165) is 15.3 Å². The van der Waals surface area contributed by atoms with Crippen molar-refractivity contribution in [2.24, 2.45) is 5.73 Å². The van der Waals surface area contributed by atoms with Crippen LogP contribution in [0.2, 0.25) is 0 Å². The molecule has 0 atom stereocenters. The molecule has 0 radical (unpaired) electrons. The van der Waals surface area contributed by atoms with Gasteiger partial charge >= 0.3 is 0 Å². The van der Waals surface area contributed by atoms with E-state index in [1.54, 1.807) is 17.4 Å². The van der Waals surface area contributed by atoms with Crippen molar-refractivity contribution >= 4 is 43.9 Å². The summed E-state index contributed by atoms with van der Waals surface area (Å²) >= 11 is 2.91. The number of rotatable bonds is 1. The zero-order chi connectivity index (χ0) is 9.71. The first kappa shape index (κ1) is 7.95. The summed E-state index contributed by atoms with van der Waals surface area (Å²) in [6, 6.07) is 1.79. The minimum Gasteiger partial charge on any atom is -0.365 e. The van der Waals surface area contributed by atoms with Gasteiger partial charge in [-0.15, -0.1) is 22.7 Å². The van der Waals surface area contributed by atoms with E-state index in [4.69, 9.17) is 5.73 Å². The summed E-state index contributed by atoms with van der Waals surface area (Å²) < 4.78 is 1.96. The van der Waals surface area contributed by atoms with Crippen LogP contribution in [0.5, 0.6) is 0 Å². The molecule has 3 aromatic rings. The predicted octanol–water partition coefficient (Wildman–Crippen LogP) is 1.71. The molecule has 1 amide bonds. The predicted molar refractivity (Wildman–Crippen MR) is 57.0 cm³/mol. The van der Waals surface area contributed by atoms with E-state index in [1.165, 1.54) is 11.3 Å². The van der Waals surface area contributed by atoms with Crippen LogP contribution in [0.4, 0.5) is 0 Å². The molecule has 4 nitrogen and oxygen atoms in total. The van der Waals surface area contributed by atoms with Crippen molar-refractivity contribution in [3.63, 3.8) is 0 Å². The van der Waals surface area contributed by atoms with E-state index in [0.29, 0.717) is 4.88 Å². The minimum atomic E-state index is -0.392. The zero-order valence-corrected chi connectivity index (χ0v) is 8.56. The summed E-state index contributed by atoms with van der Waals surface area (Å²) in [6.45, 7) is 0. The molecule has 3 heterocycles. The standard InChI is InChI=1S/C8H5N3OS2/c9-6(12)5-3-4-7(14-5)10-8-11(4)1-2-13-8/h1-3H,(H2,9,12). The van der Waals surface area contributed by atoms with Gasteiger partial charge in [0.25, 0.3) is 5.91 Å². The maximum atomic E-state index is 10.9. The first-order chi connectivity index (χ1) is 6.75. The molecule has 3 aromatic heterocycles. The van der Waals surface area contributed by atoms with Crippen molar-refractivity contribution in [1.29, 1.82) is 0 Å². The van der Waals surface area contributed by atoms with Gasteiger partial charge in [0.2, 0.25) is 0 Å². The summed E-state index contributed by atoms with van der Waals surface area (Å²) in [6.07, 6.45) is 1.94. The van der Waals surface area contributed by atoms with Gasteiger partial charge in [-0.05, 0) is 6.07 Å². The van der Waals surface area contributed by atoms with Crippen molar-refractivity contribution in [2.75, 3.05) is 0 Å². The number of hydrogen-bond acceptors (Lipinski definition) is 4. The number of carbonyl (C=O) groups is 1. The number of aromatic nitrogens is 2. The van der Waals surface area contributed by atoms with Gasteiger partial charge < -0.3 is 5.73 Å². The molecule has 0 unspecified atom stereocenters. The second-order valence-electron chi connectivity index (χ2n) is 2.83. The first-order valence-corrected chi connectivity index (χ1v) is 5.60. The number of carbonyl (C=O) groups excluding carboxylic acids is 1. The Morgan fingerprint density at radius 3 is 3.21 bits per heavy atom. The summed E-state index contributed by atoms with van der Waals surface area (Å²) in [5.41, 5.74) is 6.15. The number of hydrogen-bond donors (Lipinski definition) is 1. The van der Waals surface area contributed by atoms with Gasteiger partial charge in [-0.25, -0.2) is 4.98 Å². The number of imidazole rings is 1. The zero-order valence-electron chi connectivity index (χ0n) is 6.93. The monoisotopic (exact) mass is 223 g/mol. The maximum absolute atomic E-state index is 10.9. The van der Waals surface area contributed by atoms with Crippen molar-refractivity contribution in [3.8, 4) is 0 Å². The third-order valence-electron chi connectivity index (χ3n) is 1.98. The third kappa shape index (κ3) is 0.919. The molecule has 6 heteroatoms. The fourth-order valence-corrected chi connectivity index (χ4v) is 3.02. The van der Waals surface area contributed by atoms with Gasteiger partial charge in [-0.2, -0.15) is 0 Å². The molecule has 0 aromatic carbocycles. The first-order valence-electron chi connectivity index (χ1n) is 3.90. The molecule has 0 aliphatic rings. The lowest BCUT2D eigenvalue weighted by atomic mass is 10.4. The molecule has 0 bridgehead atoms. The smallest absolute Gasteiger partial charge is 0.258 e. The highest BCUT2D eigenvalue weighted by Crippen LogP contribution is 2.27. The van der Waals surface area contributed by atoms with Crippen LogP contribution >= 0.6 is 22.7 Å². The average molecular weight is 223 g/mol. The molecule has 14 heavy (non-hydrogen) atoms. The van der Waals surface area contributed by atoms with E-state index in [2.05, 4.69) is 4.98 Å². The molecule has 0 saturated carbocycles. The van der Waals surface area contributed by atoms with Crippen LogP contribution in [0.15, 0.2) is 17.6 Å².